The first kappa shape index (κ1) is 13.5. The fraction of sp³-hybridized carbons (Fsp3) is 0.286. The quantitative estimate of drug-likeness (QED) is 0.843. The summed E-state index contributed by atoms with van der Waals surface area (Å²) in [6, 6.07) is 8.88. The van der Waals surface area contributed by atoms with Gasteiger partial charge in [-0.25, -0.2) is 4.39 Å². The number of benzene rings is 1. The van der Waals surface area contributed by atoms with Crippen molar-refractivity contribution >= 4 is 22.9 Å². The molecular weight excluding hydrogens is 269 g/mol. The summed E-state index contributed by atoms with van der Waals surface area (Å²) in [6.45, 7) is 5.01. The van der Waals surface area contributed by atoms with Crippen molar-refractivity contribution in [3.05, 3.63) is 46.0 Å². The summed E-state index contributed by atoms with van der Waals surface area (Å²) >= 11 is 7.42. The molecule has 1 heterocycles. The zero-order valence-corrected chi connectivity index (χ0v) is 11.9. The number of halogens is 2. The Balaban J connectivity index is 2.47. The standard InChI is InChI=1S/C14H15ClFNS/c1-3-17-9(2)11-5-4-10(16)8-12(11)13-6-7-14(15)18-13/h4-9,17H,3H2,1-2H3. The van der Waals surface area contributed by atoms with E-state index in [9.17, 15) is 4.39 Å². The molecule has 0 spiro atoms. The molecule has 0 radical (unpaired) electrons. The van der Waals surface area contributed by atoms with Crippen molar-refractivity contribution in [1.82, 2.24) is 5.32 Å². The minimum atomic E-state index is -0.220. The predicted octanol–water partition coefficient (Wildman–Crippen LogP) is 4.88. The van der Waals surface area contributed by atoms with Crippen LogP contribution in [-0.4, -0.2) is 6.54 Å². The average molecular weight is 284 g/mol. The Kier molecular flexibility index (Phi) is 4.38. The third kappa shape index (κ3) is 2.91. The first-order valence-electron chi connectivity index (χ1n) is 5.90. The molecule has 1 unspecified atom stereocenters. The fourth-order valence-corrected chi connectivity index (χ4v) is 3.08. The zero-order valence-electron chi connectivity index (χ0n) is 10.3. The summed E-state index contributed by atoms with van der Waals surface area (Å²) in [5.41, 5.74) is 2.01. The summed E-state index contributed by atoms with van der Waals surface area (Å²) in [5, 5.41) is 3.35. The molecule has 1 N–H and O–H groups in total. The molecule has 0 aliphatic heterocycles. The molecule has 4 heteroatoms. The molecule has 0 saturated heterocycles. The van der Waals surface area contributed by atoms with E-state index < -0.39 is 0 Å². The molecular formula is C14H15ClFNS. The Morgan fingerprint density at radius 2 is 2.11 bits per heavy atom. The van der Waals surface area contributed by atoms with Gasteiger partial charge in [0.25, 0.3) is 0 Å². The summed E-state index contributed by atoms with van der Waals surface area (Å²) in [5.74, 6) is -0.220. The molecule has 0 bridgehead atoms. The van der Waals surface area contributed by atoms with Gasteiger partial charge < -0.3 is 5.32 Å². The van der Waals surface area contributed by atoms with E-state index in [1.807, 2.05) is 18.2 Å². The van der Waals surface area contributed by atoms with E-state index in [0.29, 0.717) is 0 Å². The van der Waals surface area contributed by atoms with Crippen LogP contribution in [0.3, 0.4) is 0 Å². The monoisotopic (exact) mass is 283 g/mol. The van der Waals surface area contributed by atoms with Crippen LogP contribution in [0.2, 0.25) is 4.34 Å². The van der Waals surface area contributed by atoms with E-state index in [2.05, 4.69) is 19.2 Å². The van der Waals surface area contributed by atoms with E-state index in [-0.39, 0.29) is 11.9 Å². The molecule has 0 aliphatic rings. The van der Waals surface area contributed by atoms with Crippen molar-refractivity contribution in [1.29, 1.82) is 0 Å². The van der Waals surface area contributed by atoms with Gasteiger partial charge in [-0.3, -0.25) is 0 Å². The maximum atomic E-state index is 13.4. The lowest BCUT2D eigenvalue weighted by Crippen LogP contribution is -2.18. The second kappa shape index (κ2) is 5.83. The lowest BCUT2D eigenvalue weighted by atomic mass is 10.00. The molecule has 0 amide bonds. The van der Waals surface area contributed by atoms with Gasteiger partial charge in [-0.1, -0.05) is 24.6 Å². The van der Waals surface area contributed by atoms with Crippen molar-refractivity contribution in [2.75, 3.05) is 6.54 Å². The Morgan fingerprint density at radius 1 is 1.33 bits per heavy atom. The van der Waals surface area contributed by atoms with Crippen molar-refractivity contribution in [2.45, 2.75) is 19.9 Å². The van der Waals surface area contributed by atoms with E-state index in [1.54, 1.807) is 6.07 Å². The van der Waals surface area contributed by atoms with Gasteiger partial charge in [0.2, 0.25) is 0 Å². The summed E-state index contributed by atoms with van der Waals surface area (Å²) < 4.78 is 14.2. The molecule has 2 rings (SSSR count). The topological polar surface area (TPSA) is 12.0 Å². The molecule has 1 aromatic heterocycles. The van der Waals surface area contributed by atoms with E-state index in [1.165, 1.54) is 17.4 Å². The molecule has 2 aromatic rings. The van der Waals surface area contributed by atoms with Gasteiger partial charge in [0.15, 0.2) is 0 Å². The number of thiophene rings is 1. The average Bonchev–Trinajstić information content (AvgIpc) is 2.76. The van der Waals surface area contributed by atoms with E-state index >= 15 is 0 Å². The predicted molar refractivity (Wildman–Crippen MR) is 76.8 cm³/mol. The van der Waals surface area contributed by atoms with Crippen LogP contribution in [0.25, 0.3) is 10.4 Å². The third-order valence-corrected chi connectivity index (χ3v) is 4.10. The number of hydrogen-bond donors (Lipinski definition) is 1. The largest absolute Gasteiger partial charge is 0.310 e. The van der Waals surface area contributed by atoms with Crippen LogP contribution in [0.4, 0.5) is 4.39 Å². The minimum Gasteiger partial charge on any atom is -0.310 e. The van der Waals surface area contributed by atoms with Gasteiger partial charge >= 0.3 is 0 Å². The van der Waals surface area contributed by atoms with Gasteiger partial charge in [0.05, 0.1) is 4.34 Å². The normalized spacial score (nSPS) is 12.7. The van der Waals surface area contributed by atoms with Crippen LogP contribution < -0.4 is 5.32 Å². The second-order valence-electron chi connectivity index (χ2n) is 4.11. The molecule has 0 aliphatic carbocycles. The molecule has 18 heavy (non-hydrogen) atoms. The highest BCUT2D eigenvalue weighted by Crippen LogP contribution is 2.35. The zero-order chi connectivity index (χ0) is 13.1. The van der Waals surface area contributed by atoms with Crippen molar-refractivity contribution in [3.8, 4) is 10.4 Å². The van der Waals surface area contributed by atoms with E-state index in [0.717, 1.165) is 26.9 Å². The smallest absolute Gasteiger partial charge is 0.123 e. The van der Waals surface area contributed by atoms with Gasteiger partial charge in [0, 0.05) is 10.9 Å². The Hall–Kier alpha value is -0.900. The molecule has 1 nitrogen and oxygen atoms in total. The van der Waals surface area contributed by atoms with Crippen molar-refractivity contribution in [3.63, 3.8) is 0 Å². The molecule has 1 atom stereocenters. The van der Waals surface area contributed by atoms with Gasteiger partial charge in [-0.15, -0.1) is 11.3 Å². The van der Waals surface area contributed by atoms with Crippen LogP contribution in [-0.2, 0) is 0 Å². The first-order chi connectivity index (χ1) is 8.61. The maximum absolute atomic E-state index is 13.4. The van der Waals surface area contributed by atoms with Gasteiger partial charge in [0.1, 0.15) is 5.82 Å². The Labute approximate surface area is 116 Å². The summed E-state index contributed by atoms with van der Waals surface area (Å²) in [7, 11) is 0. The van der Waals surface area contributed by atoms with E-state index in [4.69, 9.17) is 11.6 Å². The Morgan fingerprint density at radius 3 is 2.72 bits per heavy atom. The van der Waals surface area contributed by atoms with Gasteiger partial charge in [-0.05, 0) is 48.9 Å². The third-order valence-electron chi connectivity index (χ3n) is 2.83. The summed E-state index contributed by atoms with van der Waals surface area (Å²) in [6.07, 6.45) is 0. The van der Waals surface area contributed by atoms with Crippen LogP contribution in [0.15, 0.2) is 30.3 Å². The van der Waals surface area contributed by atoms with Crippen LogP contribution in [0.1, 0.15) is 25.5 Å². The number of hydrogen-bond acceptors (Lipinski definition) is 2. The highest BCUT2D eigenvalue weighted by Gasteiger charge is 2.13. The second-order valence-corrected chi connectivity index (χ2v) is 5.83. The molecule has 96 valence electrons. The molecule has 0 fully saturated rings. The van der Waals surface area contributed by atoms with Crippen LogP contribution in [0, 0.1) is 5.82 Å². The lowest BCUT2D eigenvalue weighted by molar-refractivity contribution is 0.593. The van der Waals surface area contributed by atoms with Crippen LogP contribution in [0.5, 0.6) is 0 Å². The molecule has 1 aromatic carbocycles. The number of rotatable bonds is 4. The Bertz CT molecular complexity index is 538. The highest BCUT2D eigenvalue weighted by atomic mass is 35.5. The lowest BCUT2D eigenvalue weighted by Gasteiger charge is -2.16. The first-order valence-corrected chi connectivity index (χ1v) is 7.09. The fourth-order valence-electron chi connectivity index (χ4n) is 1.99. The van der Waals surface area contributed by atoms with Crippen LogP contribution >= 0.6 is 22.9 Å². The molecule has 0 saturated carbocycles. The maximum Gasteiger partial charge on any atom is 0.123 e. The summed E-state index contributed by atoms with van der Waals surface area (Å²) in [4.78, 5) is 0.999. The van der Waals surface area contributed by atoms with Crippen molar-refractivity contribution < 1.29 is 4.39 Å². The SMILES string of the molecule is CCNC(C)c1ccc(F)cc1-c1ccc(Cl)s1. The van der Waals surface area contributed by atoms with Gasteiger partial charge in [-0.2, -0.15) is 0 Å². The number of nitrogens with one attached hydrogen (secondary N) is 1. The van der Waals surface area contributed by atoms with Crippen molar-refractivity contribution in [2.24, 2.45) is 0 Å². The highest BCUT2D eigenvalue weighted by molar-refractivity contribution is 7.19. The minimum absolute atomic E-state index is 0.187.